The lowest BCUT2D eigenvalue weighted by molar-refractivity contribution is 0.440. The fourth-order valence-corrected chi connectivity index (χ4v) is 1.98. The predicted octanol–water partition coefficient (Wildman–Crippen LogP) is 2.38. The monoisotopic (exact) mass is 250 g/mol. The van der Waals surface area contributed by atoms with Crippen molar-refractivity contribution in [3.05, 3.63) is 72.2 Å². The lowest BCUT2D eigenvalue weighted by Crippen LogP contribution is -2.12. The molecule has 92 valence electrons. The van der Waals surface area contributed by atoms with E-state index in [2.05, 4.69) is 16.2 Å². The third kappa shape index (κ3) is 2.11. The zero-order valence-electron chi connectivity index (χ0n) is 9.97. The summed E-state index contributed by atoms with van der Waals surface area (Å²) in [7, 11) is 0. The van der Waals surface area contributed by atoms with Crippen molar-refractivity contribution in [2.45, 2.75) is 6.04 Å². The smallest absolute Gasteiger partial charge is 0.137 e. The zero-order chi connectivity index (χ0) is 13.1. The molecule has 0 saturated heterocycles. The average molecular weight is 250 g/mol. The molecule has 0 fully saturated rings. The molecule has 5 nitrogen and oxygen atoms in total. The van der Waals surface area contributed by atoms with E-state index >= 15 is 0 Å². The van der Waals surface area contributed by atoms with E-state index in [1.54, 1.807) is 29.4 Å². The lowest BCUT2D eigenvalue weighted by Gasteiger charge is -2.15. The van der Waals surface area contributed by atoms with Crippen LogP contribution in [0, 0.1) is 11.3 Å². The van der Waals surface area contributed by atoms with Crippen LogP contribution >= 0.6 is 0 Å². The molecular formula is C14H10N4O. The van der Waals surface area contributed by atoms with Gasteiger partial charge in [-0.15, -0.1) is 0 Å². The molecule has 0 bridgehead atoms. The van der Waals surface area contributed by atoms with Crippen molar-refractivity contribution < 1.29 is 4.42 Å². The molecule has 1 unspecified atom stereocenters. The number of hydrogen-bond acceptors (Lipinski definition) is 4. The van der Waals surface area contributed by atoms with Gasteiger partial charge in [0, 0.05) is 0 Å². The van der Waals surface area contributed by atoms with Gasteiger partial charge in [0.25, 0.3) is 0 Å². The van der Waals surface area contributed by atoms with E-state index in [0.29, 0.717) is 5.56 Å². The molecule has 1 atom stereocenters. The van der Waals surface area contributed by atoms with E-state index in [0.717, 1.165) is 11.3 Å². The second kappa shape index (κ2) is 4.78. The number of hydrogen-bond donors (Lipinski definition) is 0. The highest BCUT2D eigenvalue weighted by molar-refractivity contribution is 5.35. The summed E-state index contributed by atoms with van der Waals surface area (Å²) in [6.07, 6.45) is 4.76. The maximum absolute atomic E-state index is 8.84. The molecule has 0 radical (unpaired) electrons. The standard InChI is InChI=1S/C14H10N4O/c15-8-11-3-5-12(6-4-11)14(13-2-1-7-19-13)18-10-16-9-17-18/h1-7,9-10,14H. The number of rotatable bonds is 3. The van der Waals surface area contributed by atoms with Gasteiger partial charge in [0.1, 0.15) is 24.5 Å². The van der Waals surface area contributed by atoms with Gasteiger partial charge in [0.15, 0.2) is 0 Å². The SMILES string of the molecule is N#Cc1ccc(C(c2ccco2)n2cncn2)cc1. The summed E-state index contributed by atoms with van der Waals surface area (Å²) >= 11 is 0. The third-order valence-electron chi connectivity index (χ3n) is 2.87. The van der Waals surface area contributed by atoms with E-state index in [-0.39, 0.29) is 6.04 Å². The summed E-state index contributed by atoms with van der Waals surface area (Å²) in [4.78, 5) is 3.97. The molecule has 2 aromatic heterocycles. The van der Waals surface area contributed by atoms with Crippen LogP contribution in [0.2, 0.25) is 0 Å². The second-order valence-corrected chi connectivity index (χ2v) is 4.03. The summed E-state index contributed by atoms with van der Waals surface area (Å²) in [6, 6.07) is 13.0. The summed E-state index contributed by atoms with van der Waals surface area (Å²) < 4.78 is 7.20. The molecule has 3 rings (SSSR count). The molecule has 0 N–H and O–H groups in total. The van der Waals surface area contributed by atoms with Crippen LogP contribution in [-0.4, -0.2) is 14.8 Å². The van der Waals surface area contributed by atoms with Crippen LogP contribution in [0.4, 0.5) is 0 Å². The first-order valence-electron chi connectivity index (χ1n) is 5.76. The highest BCUT2D eigenvalue weighted by Gasteiger charge is 2.19. The first kappa shape index (κ1) is 11.2. The summed E-state index contributed by atoms with van der Waals surface area (Å²) in [6.45, 7) is 0. The van der Waals surface area contributed by atoms with E-state index in [1.807, 2.05) is 24.3 Å². The predicted molar refractivity (Wildman–Crippen MR) is 67.1 cm³/mol. The van der Waals surface area contributed by atoms with Crippen LogP contribution in [0.1, 0.15) is 22.9 Å². The normalized spacial score (nSPS) is 11.9. The first-order valence-corrected chi connectivity index (χ1v) is 5.76. The van der Waals surface area contributed by atoms with Crippen molar-refractivity contribution in [3.8, 4) is 6.07 Å². The van der Waals surface area contributed by atoms with Crippen LogP contribution in [0.5, 0.6) is 0 Å². The summed E-state index contributed by atoms with van der Waals surface area (Å²) in [5, 5.41) is 13.0. The molecule has 0 saturated carbocycles. The maximum atomic E-state index is 8.84. The number of benzene rings is 1. The zero-order valence-corrected chi connectivity index (χ0v) is 9.97. The Labute approximate surface area is 109 Å². The Hall–Kier alpha value is -2.87. The molecular weight excluding hydrogens is 240 g/mol. The van der Waals surface area contributed by atoms with Gasteiger partial charge >= 0.3 is 0 Å². The molecule has 19 heavy (non-hydrogen) atoms. The largest absolute Gasteiger partial charge is 0.467 e. The molecule has 5 heteroatoms. The van der Waals surface area contributed by atoms with Gasteiger partial charge in [-0.05, 0) is 29.8 Å². The van der Waals surface area contributed by atoms with Crippen molar-refractivity contribution in [2.75, 3.05) is 0 Å². The van der Waals surface area contributed by atoms with Gasteiger partial charge < -0.3 is 4.42 Å². The fourth-order valence-electron chi connectivity index (χ4n) is 1.98. The van der Waals surface area contributed by atoms with Crippen LogP contribution < -0.4 is 0 Å². The molecule has 0 amide bonds. The minimum Gasteiger partial charge on any atom is -0.467 e. The minimum atomic E-state index is -0.176. The number of furan rings is 1. The van der Waals surface area contributed by atoms with Crippen LogP contribution in [0.3, 0.4) is 0 Å². The fraction of sp³-hybridized carbons (Fsp3) is 0.0714. The summed E-state index contributed by atoms with van der Waals surface area (Å²) in [5.74, 6) is 0.773. The van der Waals surface area contributed by atoms with E-state index in [4.69, 9.17) is 9.68 Å². The molecule has 0 aliphatic rings. The molecule has 1 aromatic carbocycles. The van der Waals surface area contributed by atoms with Gasteiger partial charge in [-0.2, -0.15) is 10.4 Å². The number of nitriles is 1. The highest BCUT2D eigenvalue weighted by atomic mass is 16.3. The van der Waals surface area contributed by atoms with Crippen LogP contribution in [0.25, 0.3) is 0 Å². The van der Waals surface area contributed by atoms with Gasteiger partial charge in [-0.1, -0.05) is 12.1 Å². The second-order valence-electron chi connectivity index (χ2n) is 4.03. The Bertz CT molecular complexity index is 644. The lowest BCUT2D eigenvalue weighted by atomic mass is 10.0. The Morgan fingerprint density at radius 1 is 1.21 bits per heavy atom. The summed E-state index contributed by atoms with van der Waals surface area (Å²) in [5.41, 5.74) is 1.61. The van der Waals surface area contributed by atoms with Crippen molar-refractivity contribution >= 4 is 0 Å². The average Bonchev–Trinajstić information content (AvgIpc) is 3.13. The topological polar surface area (TPSA) is 67.6 Å². The Morgan fingerprint density at radius 3 is 2.63 bits per heavy atom. The molecule has 0 spiro atoms. The first-order chi connectivity index (χ1) is 9.38. The minimum absolute atomic E-state index is 0.176. The molecule has 2 heterocycles. The quantitative estimate of drug-likeness (QED) is 0.715. The van der Waals surface area contributed by atoms with Gasteiger partial charge in [-0.25, -0.2) is 9.67 Å². The third-order valence-corrected chi connectivity index (χ3v) is 2.87. The Balaban J connectivity index is 2.07. The van der Waals surface area contributed by atoms with Crippen molar-refractivity contribution in [2.24, 2.45) is 0 Å². The van der Waals surface area contributed by atoms with E-state index < -0.39 is 0 Å². The molecule has 0 aliphatic heterocycles. The molecule has 3 aromatic rings. The maximum Gasteiger partial charge on any atom is 0.137 e. The van der Waals surface area contributed by atoms with Crippen LogP contribution in [0.15, 0.2) is 59.7 Å². The van der Waals surface area contributed by atoms with Gasteiger partial charge in [0.2, 0.25) is 0 Å². The number of aromatic nitrogens is 3. The van der Waals surface area contributed by atoms with E-state index in [9.17, 15) is 0 Å². The Morgan fingerprint density at radius 2 is 2.05 bits per heavy atom. The van der Waals surface area contributed by atoms with E-state index in [1.165, 1.54) is 6.33 Å². The highest BCUT2D eigenvalue weighted by Crippen LogP contribution is 2.26. The van der Waals surface area contributed by atoms with Crippen molar-refractivity contribution in [3.63, 3.8) is 0 Å². The van der Waals surface area contributed by atoms with Gasteiger partial charge in [-0.3, -0.25) is 0 Å². The number of nitrogens with zero attached hydrogens (tertiary/aromatic N) is 4. The Kier molecular flexibility index (Phi) is 2.83. The van der Waals surface area contributed by atoms with Gasteiger partial charge in [0.05, 0.1) is 17.9 Å². The van der Waals surface area contributed by atoms with Crippen molar-refractivity contribution in [1.29, 1.82) is 5.26 Å². The van der Waals surface area contributed by atoms with Crippen LogP contribution in [-0.2, 0) is 0 Å². The van der Waals surface area contributed by atoms with Crippen molar-refractivity contribution in [1.82, 2.24) is 14.8 Å². The molecule has 0 aliphatic carbocycles.